The van der Waals surface area contributed by atoms with Crippen molar-refractivity contribution in [2.75, 3.05) is 19.6 Å². The van der Waals surface area contributed by atoms with Crippen LogP contribution >= 0.6 is 0 Å². The summed E-state index contributed by atoms with van der Waals surface area (Å²) in [5.41, 5.74) is 2.98. The number of carbonyl (C=O) groups excluding carboxylic acids is 2. The molecular weight excluding hydrogens is 230 g/mol. The maximum atomic E-state index is 10.3. The third kappa shape index (κ3) is 3.30. The van der Waals surface area contributed by atoms with E-state index in [1.54, 1.807) is 0 Å². The Labute approximate surface area is 106 Å². The van der Waals surface area contributed by atoms with Gasteiger partial charge in [0.15, 0.2) is 0 Å². The molecular formula is C13H17N3O2. The summed E-state index contributed by atoms with van der Waals surface area (Å²) in [7, 11) is 0. The van der Waals surface area contributed by atoms with Crippen LogP contribution in [-0.4, -0.2) is 31.4 Å². The summed E-state index contributed by atoms with van der Waals surface area (Å²) in [5.74, 6) is -1.06. The number of carbonyl (C=O) groups is 2. The molecule has 0 bridgehead atoms. The van der Waals surface area contributed by atoms with Crippen molar-refractivity contribution >= 4 is 11.8 Å². The van der Waals surface area contributed by atoms with Gasteiger partial charge in [-0.2, -0.15) is 0 Å². The number of nitrogens with one attached hydrogen (secondary N) is 3. The Morgan fingerprint density at radius 1 is 0.833 bits per heavy atom. The van der Waals surface area contributed by atoms with Crippen LogP contribution in [0.4, 0.5) is 0 Å². The Balaban J connectivity index is 0.000000138. The smallest absolute Gasteiger partial charge is 0.309 e. The number of benzene rings is 1. The van der Waals surface area contributed by atoms with E-state index in [0.717, 1.165) is 13.1 Å². The van der Waals surface area contributed by atoms with Gasteiger partial charge in [0.25, 0.3) is 0 Å². The molecule has 2 aliphatic heterocycles. The van der Waals surface area contributed by atoms with Gasteiger partial charge in [0, 0.05) is 19.6 Å². The van der Waals surface area contributed by atoms with Crippen molar-refractivity contribution in [2.45, 2.75) is 13.0 Å². The topological polar surface area (TPSA) is 70.2 Å². The van der Waals surface area contributed by atoms with Crippen LogP contribution in [0, 0.1) is 0 Å². The lowest BCUT2D eigenvalue weighted by molar-refractivity contribution is -0.140. The highest BCUT2D eigenvalue weighted by molar-refractivity contribution is 6.35. The summed E-state index contributed by atoms with van der Waals surface area (Å²) in [5, 5.41) is 8.10. The molecule has 2 aliphatic rings. The molecule has 1 aromatic carbocycles. The minimum absolute atomic E-state index is 0.531. The summed E-state index contributed by atoms with van der Waals surface area (Å²) in [6.07, 6.45) is 1.19. The lowest BCUT2D eigenvalue weighted by atomic mass is 10.0. The van der Waals surface area contributed by atoms with Gasteiger partial charge >= 0.3 is 11.8 Å². The number of amides is 2. The van der Waals surface area contributed by atoms with Crippen LogP contribution in [0.2, 0.25) is 0 Å². The number of rotatable bonds is 0. The average molecular weight is 247 g/mol. The fourth-order valence-corrected chi connectivity index (χ4v) is 1.93. The van der Waals surface area contributed by atoms with E-state index in [0.29, 0.717) is 13.1 Å². The van der Waals surface area contributed by atoms with E-state index in [2.05, 4.69) is 40.2 Å². The Bertz CT molecular complexity index is 405. The maximum Gasteiger partial charge on any atom is 0.309 e. The summed E-state index contributed by atoms with van der Waals surface area (Å²) < 4.78 is 0. The van der Waals surface area contributed by atoms with Crippen molar-refractivity contribution in [2.24, 2.45) is 0 Å². The van der Waals surface area contributed by atoms with Gasteiger partial charge in [0.05, 0.1) is 0 Å². The van der Waals surface area contributed by atoms with Crippen LogP contribution in [0.5, 0.6) is 0 Å². The van der Waals surface area contributed by atoms with Crippen molar-refractivity contribution in [3.63, 3.8) is 0 Å². The molecule has 96 valence electrons. The first-order valence-electron chi connectivity index (χ1n) is 6.11. The molecule has 5 nitrogen and oxygen atoms in total. The van der Waals surface area contributed by atoms with E-state index in [1.807, 2.05) is 0 Å². The fourth-order valence-electron chi connectivity index (χ4n) is 1.93. The lowest BCUT2D eigenvalue weighted by Crippen LogP contribution is -2.49. The van der Waals surface area contributed by atoms with Crippen molar-refractivity contribution < 1.29 is 9.59 Å². The van der Waals surface area contributed by atoms with Gasteiger partial charge in [-0.1, -0.05) is 24.3 Å². The van der Waals surface area contributed by atoms with Crippen molar-refractivity contribution in [3.05, 3.63) is 35.4 Å². The molecule has 0 atom stereocenters. The lowest BCUT2D eigenvalue weighted by Gasteiger charge is -2.15. The van der Waals surface area contributed by atoms with E-state index in [-0.39, 0.29) is 0 Å². The minimum Gasteiger partial charge on any atom is -0.346 e. The molecule has 5 heteroatoms. The predicted octanol–water partition coefficient (Wildman–Crippen LogP) is -0.435. The zero-order valence-electron chi connectivity index (χ0n) is 10.2. The zero-order chi connectivity index (χ0) is 12.8. The monoisotopic (exact) mass is 247 g/mol. The predicted molar refractivity (Wildman–Crippen MR) is 67.9 cm³/mol. The van der Waals surface area contributed by atoms with Crippen LogP contribution in [0.15, 0.2) is 24.3 Å². The number of fused-ring (bicyclic) bond motifs is 1. The molecule has 2 amide bonds. The van der Waals surface area contributed by atoms with E-state index in [9.17, 15) is 9.59 Å². The molecule has 1 fully saturated rings. The van der Waals surface area contributed by atoms with Crippen LogP contribution < -0.4 is 16.0 Å². The molecule has 18 heavy (non-hydrogen) atoms. The minimum atomic E-state index is -0.531. The molecule has 2 heterocycles. The summed E-state index contributed by atoms with van der Waals surface area (Å²) in [6.45, 7) is 3.28. The second-order valence-electron chi connectivity index (χ2n) is 4.21. The highest BCUT2D eigenvalue weighted by Crippen LogP contribution is 2.11. The molecule has 0 radical (unpaired) electrons. The Kier molecular flexibility index (Phi) is 4.30. The van der Waals surface area contributed by atoms with E-state index in [1.165, 1.54) is 17.5 Å². The van der Waals surface area contributed by atoms with Crippen molar-refractivity contribution in [3.8, 4) is 0 Å². The standard InChI is InChI=1S/C9H11N.C4H6N2O2/c1-2-4-9-7-10-6-5-8(9)3-1;7-3-4(8)6-2-1-5-3/h1-4,10H,5-7H2;1-2H2,(H,5,7)(H,6,8). The van der Waals surface area contributed by atoms with Gasteiger partial charge < -0.3 is 16.0 Å². The molecule has 0 aliphatic carbocycles. The Morgan fingerprint density at radius 2 is 1.44 bits per heavy atom. The zero-order valence-corrected chi connectivity index (χ0v) is 10.2. The van der Waals surface area contributed by atoms with Crippen LogP contribution in [0.1, 0.15) is 11.1 Å². The largest absolute Gasteiger partial charge is 0.346 e. The first-order valence-corrected chi connectivity index (χ1v) is 6.11. The molecule has 0 unspecified atom stereocenters. The highest BCUT2D eigenvalue weighted by atomic mass is 16.2. The van der Waals surface area contributed by atoms with Gasteiger partial charge in [-0.05, 0) is 24.1 Å². The van der Waals surface area contributed by atoms with E-state index in [4.69, 9.17) is 0 Å². The second-order valence-corrected chi connectivity index (χ2v) is 4.21. The third-order valence-corrected chi connectivity index (χ3v) is 2.91. The third-order valence-electron chi connectivity index (χ3n) is 2.91. The van der Waals surface area contributed by atoms with Crippen molar-refractivity contribution in [1.82, 2.24) is 16.0 Å². The van der Waals surface area contributed by atoms with Crippen LogP contribution in [0.3, 0.4) is 0 Å². The van der Waals surface area contributed by atoms with Gasteiger partial charge in [-0.15, -0.1) is 0 Å². The van der Waals surface area contributed by atoms with E-state index < -0.39 is 11.8 Å². The Morgan fingerprint density at radius 3 is 2.00 bits per heavy atom. The van der Waals surface area contributed by atoms with Gasteiger partial charge in [0.1, 0.15) is 0 Å². The maximum absolute atomic E-state index is 10.3. The highest BCUT2D eigenvalue weighted by Gasteiger charge is 2.15. The average Bonchev–Trinajstić information content (AvgIpc) is 2.43. The number of hydrogen-bond acceptors (Lipinski definition) is 3. The van der Waals surface area contributed by atoms with Crippen molar-refractivity contribution in [1.29, 1.82) is 0 Å². The molecule has 1 saturated heterocycles. The molecule has 3 N–H and O–H groups in total. The first kappa shape index (κ1) is 12.6. The summed E-state index contributed by atoms with van der Waals surface area (Å²) in [6, 6.07) is 8.63. The summed E-state index contributed by atoms with van der Waals surface area (Å²) in [4.78, 5) is 20.5. The van der Waals surface area contributed by atoms with Gasteiger partial charge in [-0.3, -0.25) is 9.59 Å². The second kappa shape index (κ2) is 6.16. The number of hydrogen-bond donors (Lipinski definition) is 3. The number of piperazine rings is 1. The normalized spacial score (nSPS) is 17.8. The molecule has 0 spiro atoms. The van der Waals surface area contributed by atoms with Gasteiger partial charge in [-0.25, -0.2) is 0 Å². The van der Waals surface area contributed by atoms with Crippen LogP contribution in [0.25, 0.3) is 0 Å². The SMILES string of the molecule is O=C1NCCNC1=O.c1ccc2c(c1)CCNC2. The molecule has 3 rings (SSSR count). The van der Waals surface area contributed by atoms with Gasteiger partial charge in [0.2, 0.25) is 0 Å². The molecule has 1 aromatic rings. The fraction of sp³-hybridized carbons (Fsp3) is 0.385. The summed E-state index contributed by atoms with van der Waals surface area (Å²) >= 11 is 0. The molecule has 0 aromatic heterocycles. The molecule has 0 saturated carbocycles. The Hall–Kier alpha value is -1.88. The van der Waals surface area contributed by atoms with E-state index >= 15 is 0 Å². The van der Waals surface area contributed by atoms with Crippen LogP contribution in [-0.2, 0) is 22.6 Å². The quantitative estimate of drug-likeness (QED) is 0.545. The first-order chi connectivity index (χ1) is 8.77.